The zero-order valence-electron chi connectivity index (χ0n) is 5.54. The van der Waals surface area contributed by atoms with Crippen LogP contribution in [0, 0.1) is 6.92 Å². The van der Waals surface area contributed by atoms with Crippen molar-refractivity contribution in [2.45, 2.75) is 25.8 Å². The van der Waals surface area contributed by atoms with Gasteiger partial charge in [-0.2, -0.15) is 5.10 Å². The van der Waals surface area contributed by atoms with Crippen LogP contribution in [0.2, 0.25) is 0 Å². The van der Waals surface area contributed by atoms with Gasteiger partial charge < -0.3 is 0 Å². The molecule has 0 N–H and O–H groups in total. The van der Waals surface area contributed by atoms with Crippen molar-refractivity contribution in [3.8, 4) is 0 Å². The fourth-order valence-electron chi connectivity index (χ4n) is 1.08. The predicted molar refractivity (Wildman–Crippen MR) is 35.2 cm³/mol. The molecular weight excluding hydrogens is 112 g/mol. The Kier molecular flexibility index (Phi) is 0.891. The molecule has 0 unspecified atom stereocenters. The molecule has 1 aromatic heterocycles. The highest BCUT2D eigenvalue weighted by Crippen LogP contribution is 2.34. The minimum absolute atomic E-state index is 0.736. The number of aryl methyl sites for hydroxylation is 1. The summed E-state index contributed by atoms with van der Waals surface area (Å²) in [4.78, 5) is 0. The summed E-state index contributed by atoms with van der Waals surface area (Å²) in [5.41, 5.74) is 1.29. The minimum Gasteiger partial charge on any atom is -0.267 e. The van der Waals surface area contributed by atoms with Gasteiger partial charge >= 0.3 is 0 Å². The van der Waals surface area contributed by atoms with Gasteiger partial charge in [0.15, 0.2) is 0 Å². The highest BCUT2D eigenvalue weighted by molar-refractivity contribution is 5.00. The van der Waals surface area contributed by atoms with Gasteiger partial charge in [0.05, 0.1) is 6.04 Å². The van der Waals surface area contributed by atoms with Crippen LogP contribution in [0.15, 0.2) is 12.3 Å². The second-order valence-electron chi connectivity index (χ2n) is 2.65. The Balaban J connectivity index is 2.35. The first kappa shape index (κ1) is 5.03. The van der Waals surface area contributed by atoms with E-state index in [0.717, 1.165) is 6.04 Å². The van der Waals surface area contributed by atoms with E-state index in [4.69, 9.17) is 0 Å². The van der Waals surface area contributed by atoms with Gasteiger partial charge in [0.25, 0.3) is 0 Å². The molecule has 1 aliphatic rings. The third kappa shape index (κ3) is 0.745. The molecule has 0 bridgehead atoms. The van der Waals surface area contributed by atoms with E-state index in [0.29, 0.717) is 0 Å². The zero-order valence-corrected chi connectivity index (χ0v) is 5.54. The van der Waals surface area contributed by atoms with Crippen molar-refractivity contribution in [2.75, 3.05) is 0 Å². The lowest BCUT2D eigenvalue weighted by Gasteiger charge is -1.97. The van der Waals surface area contributed by atoms with Crippen LogP contribution in [-0.4, -0.2) is 9.78 Å². The van der Waals surface area contributed by atoms with Gasteiger partial charge in [-0.1, -0.05) is 0 Å². The van der Waals surface area contributed by atoms with Gasteiger partial charge in [-0.3, -0.25) is 4.68 Å². The summed E-state index contributed by atoms with van der Waals surface area (Å²) in [7, 11) is 0. The molecular formula is C7H10N2. The van der Waals surface area contributed by atoms with Crippen LogP contribution in [0.5, 0.6) is 0 Å². The SMILES string of the molecule is Cc1ccnn1C1CC1. The maximum atomic E-state index is 4.19. The largest absolute Gasteiger partial charge is 0.267 e. The Hall–Kier alpha value is -0.790. The van der Waals surface area contributed by atoms with Crippen molar-refractivity contribution in [3.05, 3.63) is 18.0 Å². The van der Waals surface area contributed by atoms with E-state index >= 15 is 0 Å². The monoisotopic (exact) mass is 122 g/mol. The second kappa shape index (κ2) is 1.59. The first-order valence-electron chi connectivity index (χ1n) is 3.38. The molecule has 1 aromatic rings. The Morgan fingerprint density at radius 3 is 2.89 bits per heavy atom. The molecule has 9 heavy (non-hydrogen) atoms. The van der Waals surface area contributed by atoms with Crippen molar-refractivity contribution in [1.29, 1.82) is 0 Å². The lowest BCUT2D eigenvalue weighted by molar-refractivity contribution is 0.622. The summed E-state index contributed by atoms with van der Waals surface area (Å²) in [6.45, 7) is 2.10. The van der Waals surface area contributed by atoms with Crippen LogP contribution in [0.25, 0.3) is 0 Å². The van der Waals surface area contributed by atoms with Crippen LogP contribution >= 0.6 is 0 Å². The molecule has 0 atom stereocenters. The molecule has 0 spiro atoms. The van der Waals surface area contributed by atoms with Crippen molar-refractivity contribution >= 4 is 0 Å². The summed E-state index contributed by atoms with van der Waals surface area (Å²) in [6.07, 6.45) is 4.51. The molecule has 48 valence electrons. The number of nitrogens with zero attached hydrogens (tertiary/aromatic N) is 2. The van der Waals surface area contributed by atoms with Crippen LogP contribution < -0.4 is 0 Å². The Morgan fingerprint density at radius 1 is 1.67 bits per heavy atom. The predicted octanol–water partition coefficient (Wildman–Crippen LogP) is 1.53. The topological polar surface area (TPSA) is 17.8 Å². The zero-order chi connectivity index (χ0) is 6.27. The van der Waals surface area contributed by atoms with Crippen LogP contribution in [0.1, 0.15) is 24.6 Å². The summed E-state index contributed by atoms with van der Waals surface area (Å²) in [6, 6.07) is 2.79. The van der Waals surface area contributed by atoms with Crippen molar-refractivity contribution in [1.82, 2.24) is 9.78 Å². The Labute approximate surface area is 54.5 Å². The molecule has 2 nitrogen and oxygen atoms in total. The molecule has 1 heterocycles. The fraction of sp³-hybridized carbons (Fsp3) is 0.571. The molecule has 2 rings (SSSR count). The first-order valence-corrected chi connectivity index (χ1v) is 3.38. The van der Waals surface area contributed by atoms with Crippen LogP contribution in [0.4, 0.5) is 0 Å². The molecule has 0 aromatic carbocycles. The lowest BCUT2D eigenvalue weighted by atomic mass is 10.5. The highest BCUT2D eigenvalue weighted by Gasteiger charge is 2.24. The van der Waals surface area contributed by atoms with E-state index in [1.807, 2.05) is 6.20 Å². The minimum atomic E-state index is 0.736. The molecule has 0 amide bonds. The van der Waals surface area contributed by atoms with Crippen molar-refractivity contribution in [2.24, 2.45) is 0 Å². The van der Waals surface area contributed by atoms with Crippen molar-refractivity contribution < 1.29 is 0 Å². The average molecular weight is 122 g/mol. The van der Waals surface area contributed by atoms with Gasteiger partial charge in [-0.25, -0.2) is 0 Å². The number of hydrogen-bond donors (Lipinski definition) is 0. The van der Waals surface area contributed by atoms with E-state index < -0.39 is 0 Å². The molecule has 0 saturated heterocycles. The Bertz CT molecular complexity index is 210. The fourth-order valence-corrected chi connectivity index (χ4v) is 1.08. The first-order chi connectivity index (χ1) is 4.38. The maximum absolute atomic E-state index is 4.19. The Morgan fingerprint density at radius 2 is 2.44 bits per heavy atom. The summed E-state index contributed by atoms with van der Waals surface area (Å²) in [5.74, 6) is 0. The second-order valence-corrected chi connectivity index (χ2v) is 2.65. The molecule has 2 heteroatoms. The number of rotatable bonds is 1. The quantitative estimate of drug-likeness (QED) is 0.552. The van der Waals surface area contributed by atoms with E-state index in [9.17, 15) is 0 Å². The van der Waals surface area contributed by atoms with Crippen molar-refractivity contribution in [3.63, 3.8) is 0 Å². The average Bonchev–Trinajstić information content (AvgIpc) is 2.58. The highest BCUT2D eigenvalue weighted by atomic mass is 15.3. The summed E-state index contributed by atoms with van der Waals surface area (Å²) >= 11 is 0. The third-order valence-electron chi connectivity index (χ3n) is 1.76. The molecule has 1 aliphatic carbocycles. The van der Waals surface area contributed by atoms with Gasteiger partial charge in [-0.05, 0) is 25.8 Å². The molecule has 1 fully saturated rings. The van der Waals surface area contributed by atoms with Gasteiger partial charge in [0, 0.05) is 11.9 Å². The number of hydrogen-bond acceptors (Lipinski definition) is 1. The third-order valence-corrected chi connectivity index (χ3v) is 1.76. The summed E-state index contributed by atoms with van der Waals surface area (Å²) in [5, 5.41) is 4.19. The van der Waals surface area contributed by atoms with E-state index in [-0.39, 0.29) is 0 Å². The lowest BCUT2D eigenvalue weighted by Crippen LogP contribution is -1.97. The van der Waals surface area contributed by atoms with E-state index in [1.54, 1.807) is 0 Å². The standard InChI is InChI=1S/C7H10N2/c1-6-4-5-8-9(6)7-2-3-7/h4-5,7H,2-3H2,1H3. The van der Waals surface area contributed by atoms with Gasteiger partial charge in [-0.15, -0.1) is 0 Å². The molecule has 0 radical (unpaired) electrons. The van der Waals surface area contributed by atoms with Crippen LogP contribution in [0.3, 0.4) is 0 Å². The van der Waals surface area contributed by atoms with E-state index in [1.165, 1.54) is 18.5 Å². The van der Waals surface area contributed by atoms with Crippen LogP contribution in [-0.2, 0) is 0 Å². The smallest absolute Gasteiger partial charge is 0.0523 e. The summed E-state index contributed by atoms with van der Waals surface area (Å²) < 4.78 is 2.11. The maximum Gasteiger partial charge on any atom is 0.0523 e. The molecule has 0 aliphatic heterocycles. The van der Waals surface area contributed by atoms with Gasteiger partial charge in [0.2, 0.25) is 0 Å². The van der Waals surface area contributed by atoms with Gasteiger partial charge in [0.1, 0.15) is 0 Å². The molecule has 1 saturated carbocycles. The number of aromatic nitrogens is 2. The normalized spacial score (nSPS) is 18.3. The van der Waals surface area contributed by atoms with E-state index in [2.05, 4.69) is 22.8 Å².